The first-order chi connectivity index (χ1) is 16.9. The van der Waals surface area contributed by atoms with Crippen LogP contribution in [0, 0.1) is 5.82 Å². The summed E-state index contributed by atoms with van der Waals surface area (Å²) in [5.74, 6) is 1.21. The SMILES string of the molecule is COc1ccc(CN2CC[C@H](O)[C@@](O)(COc3cccc(F)c3)C2)cc1OCCCn1cccn1. The second-order valence-electron chi connectivity index (χ2n) is 8.82. The number of rotatable bonds is 11. The van der Waals surface area contributed by atoms with Gasteiger partial charge in [-0.1, -0.05) is 12.1 Å². The van der Waals surface area contributed by atoms with Gasteiger partial charge in [-0.25, -0.2) is 4.39 Å². The number of nitrogens with zero attached hydrogens (tertiary/aromatic N) is 3. The third-order valence-electron chi connectivity index (χ3n) is 6.10. The number of aromatic nitrogens is 2. The van der Waals surface area contributed by atoms with Crippen molar-refractivity contribution in [3.8, 4) is 17.2 Å². The van der Waals surface area contributed by atoms with Crippen LogP contribution in [-0.4, -0.2) is 70.0 Å². The molecule has 0 spiro atoms. The smallest absolute Gasteiger partial charge is 0.161 e. The number of methoxy groups -OCH3 is 1. The van der Waals surface area contributed by atoms with Crippen LogP contribution in [0.15, 0.2) is 60.9 Å². The summed E-state index contributed by atoms with van der Waals surface area (Å²) >= 11 is 0. The summed E-state index contributed by atoms with van der Waals surface area (Å²) in [5, 5.41) is 25.8. The first-order valence-corrected chi connectivity index (χ1v) is 11.7. The van der Waals surface area contributed by atoms with E-state index in [1.807, 2.05) is 35.1 Å². The quantitative estimate of drug-likeness (QED) is 0.404. The molecule has 35 heavy (non-hydrogen) atoms. The Bertz CT molecular complexity index is 1080. The fraction of sp³-hybridized carbons (Fsp3) is 0.423. The van der Waals surface area contributed by atoms with Crippen molar-refractivity contribution < 1.29 is 28.8 Å². The topological polar surface area (TPSA) is 89.2 Å². The number of benzene rings is 2. The molecule has 2 atom stereocenters. The maximum Gasteiger partial charge on any atom is 0.161 e. The fourth-order valence-corrected chi connectivity index (χ4v) is 4.22. The van der Waals surface area contributed by atoms with E-state index >= 15 is 0 Å². The van der Waals surface area contributed by atoms with Crippen molar-refractivity contribution >= 4 is 0 Å². The molecule has 0 radical (unpaired) electrons. The average Bonchev–Trinajstić information content (AvgIpc) is 3.37. The molecule has 8 nitrogen and oxygen atoms in total. The van der Waals surface area contributed by atoms with Crippen LogP contribution in [0.1, 0.15) is 18.4 Å². The highest BCUT2D eigenvalue weighted by molar-refractivity contribution is 5.43. The average molecular weight is 486 g/mol. The summed E-state index contributed by atoms with van der Waals surface area (Å²) in [6.45, 7) is 2.54. The third-order valence-corrected chi connectivity index (χ3v) is 6.10. The summed E-state index contributed by atoms with van der Waals surface area (Å²) in [4.78, 5) is 2.06. The highest BCUT2D eigenvalue weighted by Crippen LogP contribution is 2.30. The Morgan fingerprint density at radius 2 is 2.03 bits per heavy atom. The summed E-state index contributed by atoms with van der Waals surface area (Å²) in [6.07, 6.45) is 3.94. The fourth-order valence-electron chi connectivity index (χ4n) is 4.22. The predicted octanol–water partition coefficient (Wildman–Crippen LogP) is 2.88. The van der Waals surface area contributed by atoms with Gasteiger partial charge in [0.1, 0.15) is 23.8 Å². The second-order valence-corrected chi connectivity index (χ2v) is 8.82. The van der Waals surface area contributed by atoms with Crippen molar-refractivity contribution in [2.75, 3.05) is 33.4 Å². The van der Waals surface area contributed by atoms with Gasteiger partial charge in [-0.2, -0.15) is 5.10 Å². The van der Waals surface area contributed by atoms with Gasteiger partial charge < -0.3 is 24.4 Å². The summed E-state index contributed by atoms with van der Waals surface area (Å²) in [6, 6.07) is 13.4. The molecule has 1 saturated heterocycles. The standard InChI is InChI=1S/C26H32FN3O5/c1-33-23-8-7-20(15-24(23)34-14-4-12-30-11-3-10-28-30)17-29-13-9-25(31)26(32,18-29)19-35-22-6-2-5-21(27)16-22/h2-3,5-8,10-11,15-16,25,31-32H,4,9,12-14,17-19H2,1H3/t25-,26-/m0/s1. The number of aryl methyl sites for hydroxylation is 1. The molecule has 2 N–H and O–H groups in total. The molecule has 0 unspecified atom stereocenters. The Balaban J connectivity index is 1.35. The minimum Gasteiger partial charge on any atom is -0.493 e. The molecule has 9 heteroatoms. The van der Waals surface area contributed by atoms with E-state index in [1.54, 1.807) is 25.4 Å². The van der Waals surface area contributed by atoms with E-state index in [1.165, 1.54) is 12.1 Å². The lowest BCUT2D eigenvalue weighted by atomic mass is 9.90. The van der Waals surface area contributed by atoms with Crippen LogP contribution < -0.4 is 14.2 Å². The molecule has 0 aliphatic carbocycles. The molecule has 188 valence electrons. The Morgan fingerprint density at radius 3 is 2.80 bits per heavy atom. The lowest BCUT2D eigenvalue weighted by Gasteiger charge is -2.42. The number of β-amino-alcohol motifs (C(OH)–C–C–N with tert-alkyl or cyclic N) is 1. The van der Waals surface area contributed by atoms with E-state index in [0.29, 0.717) is 43.4 Å². The normalized spacial score (nSPS) is 20.5. The van der Waals surface area contributed by atoms with Crippen LogP contribution in [0.4, 0.5) is 4.39 Å². The summed E-state index contributed by atoms with van der Waals surface area (Å²) in [5.41, 5.74) is -0.472. The number of aliphatic hydroxyl groups is 2. The van der Waals surface area contributed by atoms with Gasteiger partial charge in [0.15, 0.2) is 11.5 Å². The Morgan fingerprint density at radius 1 is 1.14 bits per heavy atom. The van der Waals surface area contributed by atoms with Crippen LogP contribution in [0.5, 0.6) is 17.2 Å². The van der Waals surface area contributed by atoms with Gasteiger partial charge in [-0.3, -0.25) is 9.58 Å². The van der Waals surface area contributed by atoms with Crippen molar-refractivity contribution in [1.29, 1.82) is 0 Å². The van der Waals surface area contributed by atoms with Gasteiger partial charge in [-0.15, -0.1) is 0 Å². The number of aliphatic hydroxyl groups excluding tert-OH is 1. The van der Waals surface area contributed by atoms with Gasteiger partial charge in [-0.05, 0) is 42.3 Å². The molecule has 0 amide bonds. The zero-order valence-electron chi connectivity index (χ0n) is 19.8. The highest BCUT2D eigenvalue weighted by atomic mass is 19.1. The Labute approximate surface area is 204 Å². The van der Waals surface area contributed by atoms with Gasteiger partial charge in [0.25, 0.3) is 0 Å². The van der Waals surface area contributed by atoms with E-state index in [0.717, 1.165) is 18.5 Å². The Hall–Kier alpha value is -3.14. The zero-order valence-corrected chi connectivity index (χ0v) is 19.8. The number of piperidine rings is 1. The molecule has 1 fully saturated rings. The third kappa shape index (κ3) is 6.72. The van der Waals surface area contributed by atoms with Crippen molar-refractivity contribution in [2.24, 2.45) is 0 Å². The molecular formula is C26H32FN3O5. The first kappa shape index (κ1) is 25.0. The van der Waals surface area contributed by atoms with Crippen molar-refractivity contribution in [2.45, 2.75) is 37.6 Å². The van der Waals surface area contributed by atoms with Gasteiger partial charge in [0, 0.05) is 51.1 Å². The van der Waals surface area contributed by atoms with Crippen LogP contribution in [-0.2, 0) is 13.1 Å². The molecule has 2 aromatic carbocycles. The van der Waals surface area contributed by atoms with Crippen LogP contribution >= 0.6 is 0 Å². The van der Waals surface area contributed by atoms with Crippen LogP contribution in [0.3, 0.4) is 0 Å². The molecule has 0 bridgehead atoms. The molecule has 1 aromatic heterocycles. The zero-order chi connectivity index (χ0) is 24.7. The Kier molecular flexibility index (Phi) is 8.22. The van der Waals surface area contributed by atoms with Crippen LogP contribution in [0.2, 0.25) is 0 Å². The van der Waals surface area contributed by atoms with Gasteiger partial charge >= 0.3 is 0 Å². The largest absolute Gasteiger partial charge is 0.493 e. The molecule has 3 aromatic rings. The molecule has 1 aliphatic heterocycles. The maximum atomic E-state index is 13.4. The number of halogens is 1. The monoisotopic (exact) mass is 485 g/mol. The van der Waals surface area contributed by atoms with Crippen molar-refractivity contribution in [1.82, 2.24) is 14.7 Å². The molecule has 1 aliphatic rings. The molecule has 0 saturated carbocycles. The predicted molar refractivity (Wildman–Crippen MR) is 128 cm³/mol. The minimum absolute atomic E-state index is 0.138. The van der Waals surface area contributed by atoms with E-state index in [9.17, 15) is 14.6 Å². The first-order valence-electron chi connectivity index (χ1n) is 11.7. The minimum atomic E-state index is -1.47. The van der Waals surface area contributed by atoms with Gasteiger partial charge in [0.05, 0.1) is 19.8 Å². The number of likely N-dealkylation sites (tertiary alicyclic amines) is 1. The van der Waals surface area contributed by atoms with Crippen molar-refractivity contribution in [3.05, 3.63) is 72.3 Å². The highest BCUT2D eigenvalue weighted by Gasteiger charge is 2.42. The van der Waals surface area contributed by atoms with E-state index in [-0.39, 0.29) is 13.2 Å². The van der Waals surface area contributed by atoms with Gasteiger partial charge in [0.2, 0.25) is 0 Å². The maximum absolute atomic E-state index is 13.4. The van der Waals surface area contributed by atoms with Crippen LogP contribution in [0.25, 0.3) is 0 Å². The number of hydrogen-bond acceptors (Lipinski definition) is 7. The molecule has 2 heterocycles. The lowest BCUT2D eigenvalue weighted by Crippen LogP contribution is -2.59. The van der Waals surface area contributed by atoms with E-state index in [4.69, 9.17) is 14.2 Å². The lowest BCUT2D eigenvalue weighted by molar-refractivity contribution is -0.140. The van der Waals surface area contributed by atoms with E-state index < -0.39 is 17.5 Å². The van der Waals surface area contributed by atoms with E-state index in [2.05, 4.69) is 10.00 Å². The van der Waals surface area contributed by atoms with Crippen molar-refractivity contribution in [3.63, 3.8) is 0 Å². The molecular weight excluding hydrogens is 453 g/mol. The summed E-state index contributed by atoms with van der Waals surface area (Å²) in [7, 11) is 1.61. The summed E-state index contributed by atoms with van der Waals surface area (Å²) < 4.78 is 32.3. The molecule has 4 rings (SSSR count). The second kappa shape index (κ2) is 11.5. The number of ether oxygens (including phenoxy) is 3. The number of hydrogen-bond donors (Lipinski definition) is 2.